The van der Waals surface area contributed by atoms with Gasteiger partial charge in [0.1, 0.15) is 4.90 Å². The molecule has 1 aliphatic heterocycles. The van der Waals surface area contributed by atoms with E-state index in [0.717, 1.165) is 4.88 Å². The highest BCUT2D eigenvalue weighted by atomic mass is 79.9. The summed E-state index contributed by atoms with van der Waals surface area (Å²) in [6.45, 7) is 1.38. The Bertz CT molecular complexity index is 494. The second-order valence-electron chi connectivity index (χ2n) is 3.74. The molecule has 0 radical (unpaired) electrons. The summed E-state index contributed by atoms with van der Waals surface area (Å²) in [5, 5.41) is 0. The Morgan fingerprint density at radius 3 is 2.94 bits per heavy atom. The number of sulfonamides is 1. The van der Waals surface area contributed by atoms with Crippen molar-refractivity contribution in [2.75, 3.05) is 13.2 Å². The maximum Gasteiger partial charge on any atom is 0.242 e. The van der Waals surface area contributed by atoms with Gasteiger partial charge in [0.2, 0.25) is 10.0 Å². The molecule has 2 heterocycles. The van der Waals surface area contributed by atoms with E-state index >= 15 is 0 Å². The van der Waals surface area contributed by atoms with Crippen molar-refractivity contribution in [1.29, 1.82) is 0 Å². The number of thiophene rings is 1. The second kappa shape index (κ2) is 5.33. The van der Waals surface area contributed by atoms with Crippen molar-refractivity contribution < 1.29 is 13.2 Å². The third kappa shape index (κ3) is 3.07. The molecule has 0 bridgehead atoms. The van der Waals surface area contributed by atoms with Gasteiger partial charge in [0.05, 0.1) is 10.4 Å². The average Bonchev–Trinajstić information content (AvgIpc) is 2.86. The number of halogens is 1. The summed E-state index contributed by atoms with van der Waals surface area (Å²) in [6.07, 6.45) is 0.713. The van der Waals surface area contributed by atoms with Gasteiger partial charge >= 0.3 is 0 Å². The van der Waals surface area contributed by atoms with Crippen LogP contribution in [-0.4, -0.2) is 27.7 Å². The number of nitrogens with two attached hydrogens (primary N) is 1. The van der Waals surface area contributed by atoms with E-state index < -0.39 is 10.0 Å². The van der Waals surface area contributed by atoms with Gasteiger partial charge < -0.3 is 10.5 Å². The molecule has 96 valence electrons. The van der Waals surface area contributed by atoms with Crippen LogP contribution in [0, 0.1) is 0 Å². The van der Waals surface area contributed by atoms with E-state index in [4.69, 9.17) is 10.5 Å². The first-order valence-electron chi connectivity index (χ1n) is 5.11. The molecule has 0 aromatic carbocycles. The van der Waals surface area contributed by atoms with Crippen molar-refractivity contribution in [3.63, 3.8) is 0 Å². The van der Waals surface area contributed by atoms with Gasteiger partial charge in [-0.25, -0.2) is 13.1 Å². The Morgan fingerprint density at radius 2 is 2.41 bits per heavy atom. The lowest BCUT2D eigenvalue weighted by Gasteiger charge is -2.10. The van der Waals surface area contributed by atoms with Crippen LogP contribution >= 0.6 is 27.3 Å². The molecular weight excluding hydrogens is 328 g/mol. The number of ether oxygens (including phenoxy) is 1. The molecule has 3 N–H and O–H groups in total. The van der Waals surface area contributed by atoms with E-state index in [2.05, 4.69) is 20.7 Å². The van der Waals surface area contributed by atoms with Crippen LogP contribution in [0.3, 0.4) is 0 Å². The monoisotopic (exact) mass is 340 g/mol. The highest BCUT2D eigenvalue weighted by molar-refractivity contribution is 9.11. The molecule has 0 amide bonds. The Morgan fingerprint density at radius 1 is 1.65 bits per heavy atom. The summed E-state index contributed by atoms with van der Waals surface area (Å²) in [5.41, 5.74) is 5.49. The molecule has 1 aromatic rings. The SMILES string of the molecule is NCc1cc(S(=O)(=O)NC2CCOC2)c(Br)s1. The molecule has 1 unspecified atom stereocenters. The summed E-state index contributed by atoms with van der Waals surface area (Å²) in [5.74, 6) is 0. The van der Waals surface area contributed by atoms with Crippen molar-refractivity contribution in [2.45, 2.75) is 23.9 Å². The van der Waals surface area contributed by atoms with Gasteiger partial charge in [-0.3, -0.25) is 0 Å². The molecule has 1 aliphatic rings. The van der Waals surface area contributed by atoms with Crippen LogP contribution in [0.2, 0.25) is 0 Å². The predicted molar refractivity (Wildman–Crippen MR) is 69.5 cm³/mol. The molecule has 8 heteroatoms. The van der Waals surface area contributed by atoms with Crippen LogP contribution in [0.4, 0.5) is 0 Å². The van der Waals surface area contributed by atoms with Crippen LogP contribution < -0.4 is 10.5 Å². The van der Waals surface area contributed by atoms with Crippen molar-refractivity contribution >= 4 is 37.3 Å². The number of hydrogen-bond donors (Lipinski definition) is 2. The quantitative estimate of drug-likeness (QED) is 0.857. The van der Waals surface area contributed by atoms with E-state index in [1.54, 1.807) is 6.07 Å². The van der Waals surface area contributed by atoms with E-state index in [-0.39, 0.29) is 10.9 Å². The van der Waals surface area contributed by atoms with Crippen LogP contribution in [0.15, 0.2) is 14.7 Å². The minimum Gasteiger partial charge on any atom is -0.380 e. The maximum absolute atomic E-state index is 12.1. The van der Waals surface area contributed by atoms with Crippen molar-refractivity contribution in [3.8, 4) is 0 Å². The van der Waals surface area contributed by atoms with Crippen LogP contribution in [0.5, 0.6) is 0 Å². The zero-order valence-electron chi connectivity index (χ0n) is 8.98. The van der Waals surface area contributed by atoms with Gasteiger partial charge in [-0.2, -0.15) is 0 Å². The summed E-state index contributed by atoms with van der Waals surface area (Å²) in [7, 11) is -3.49. The molecule has 17 heavy (non-hydrogen) atoms. The minimum absolute atomic E-state index is 0.131. The normalized spacial score (nSPS) is 20.9. The Balaban J connectivity index is 2.21. The first kappa shape index (κ1) is 13.4. The fourth-order valence-electron chi connectivity index (χ4n) is 1.59. The lowest BCUT2D eigenvalue weighted by Crippen LogP contribution is -2.34. The minimum atomic E-state index is -3.49. The number of nitrogens with one attached hydrogen (secondary N) is 1. The highest BCUT2D eigenvalue weighted by Gasteiger charge is 2.26. The van der Waals surface area contributed by atoms with E-state index in [1.165, 1.54) is 11.3 Å². The molecule has 2 rings (SSSR count). The molecular formula is C9H13BrN2O3S2. The first-order valence-corrected chi connectivity index (χ1v) is 8.20. The van der Waals surface area contributed by atoms with E-state index in [1.807, 2.05) is 0 Å². The third-order valence-corrected chi connectivity index (χ3v) is 6.24. The molecule has 1 fully saturated rings. The second-order valence-corrected chi connectivity index (χ2v) is 7.87. The molecule has 0 saturated carbocycles. The molecule has 1 atom stereocenters. The van der Waals surface area contributed by atoms with Crippen LogP contribution in [0.25, 0.3) is 0 Å². The fourth-order valence-corrected chi connectivity index (χ4v) is 5.41. The molecule has 0 aliphatic carbocycles. The van der Waals surface area contributed by atoms with Gasteiger partial charge in [-0.15, -0.1) is 11.3 Å². The zero-order valence-corrected chi connectivity index (χ0v) is 12.2. The smallest absolute Gasteiger partial charge is 0.242 e. The number of rotatable bonds is 4. The van der Waals surface area contributed by atoms with Gasteiger partial charge in [-0.05, 0) is 28.4 Å². The summed E-state index contributed by atoms with van der Waals surface area (Å²) in [4.78, 5) is 1.09. The Labute approximate surface area is 113 Å². The fraction of sp³-hybridized carbons (Fsp3) is 0.556. The third-order valence-electron chi connectivity index (χ3n) is 2.45. The Kier molecular flexibility index (Phi) is 4.22. The molecule has 1 aromatic heterocycles. The molecule has 0 spiro atoms. The standard InChI is InChI=1S/C9H13BrN2O3S2/c10-9-8(3-7(4-11)16-9)17(13,14)12-6-1-2-15-5-6/h3,6,12H,1-2,4-5,11H2. The number of hydrogen-bond acceptors (Lipinski definition) is 5. The summed E-state index contributed by atoms with van der Waals surface area (Å²) < 4.78 is 32.6. The average molecular weight is 341 g/mol. The van der Waals surface area contributed by atoms with Crippen molar-refractivity contribution in [2.24, 2.45) is 5.73 Å². The van der Waals surface area contributed by atoms with Crippen LogP contribution in [0.1, 0.15) is 11.3 Å². The van der Waals surface area contributed by atoms with Gasteiger partial charge in [-0.1, -0.05) is 0 Å². The van der Waals surface area contributed by atoms with Crippen molar-refractivity contribution in [3.05, 3.63) is 14.7 Å². The van der Waals surface area contributed by atoms with Gasteiger partial charge in [0, 0.05) is 24.1 Å². The molecule has 5 nitrogen and oxygen atoms in total. The summed E-state index contributed by atoms with van der Waals surface area (Å²) >= 11 is 4.60. The molecule has 1 saturated heterocycles. The summed E-state index contributed by atoms with van der Waals surface area (Å²) in [6, 6.07) is 1.47. The lowest BCUT2D eigenvalue weighted by molar-refractivity contribution is 0.192. The Hall–Kier alpha value is 0.01000. The van der Waals surface area contributed by atoms with E-state index in [9.17, 15) is 8.42 Å². The van der Waals surface area contributed by atoms with Crippen LogP contribution in [-0.2, 0) is 21.3 Å². The highest BCUT2D eigenvalue weighted by Crippen LogP contribution is 2.31. The van der Waals surface area contributed by atoms with Gasteiger partial charge in [0.25, 0.3) is 0 Å². The zero-order chi connectivity index (χ0) is 12.5. The predicted octanol–water partition coefficient (Wildman–Crippen LogP) is 1.04. The first-order chi connectivity index (χ1) is 8.03. The van der Waals surface area contributed by atoms with Crippen molar-refractivity contribution in [1.82, 2.24) is 4.72 Å². The topological polar surface area (TPSA) is 81.4 Å². The van der Waals surface area contributed by atoms with Gasteiger partial charge in [0.15, 0.2) is 0 Å². The van der Waals surface area contributed by atoms with E-state index in [0.29, 0.717) is 30.0 Å². The largest absolute Gasteiger partial charge is 0.380 e. The maximum atomic E-state index is 12.1. The lowest BCUT2D eigenvalue weighted by atomic mass is 10.3.